The zero-order chi connectivity index (χ0) is 18.4. The highest BCUT2D eigenvalue weighted by molar-refractivity contribution is 6.34. The highest BCUT2D eigenvalue weighted by atomic mass is 35.5. The van der Waals surface area contributed by atoms with Gasteiger partial charge in [0, 0.05) is 11.6 Å². The molecule has 26 heavy (non-hydrogen) atoms. The molecule has 130 valence electrons. The molecular formula is C20H15ClN2O3. The lowest BCUT2D eigenvalue weighted by molar-refractivity contribution is -0.113. The minimum atomic E-state index is -0.515. The number of anilines is 1. The van der Waals surface area contributed by atoms with Crippen molar-refractivity contribution in [3.05, 3.63) is 95.0 Å². The zero-order valence-corrected chi connectivity index (χ0v) is 14.4. The van der Waals surface area contributed by atoms with E-state index in [1.165, 1.54) is 12.3 Å². The fraction of sp³-hybridized carbons (Fsp3) is 0. The number of hydrogen-bond donors (Lipinski definition) is 2. The highest BCUT2D eigenvalue weighted by Crippen LogP contribution is 2.21. The lowest BCUT2D eigenvalue weighted by atomic mass is 10.2. The Balaban J connectivity index is 1.85. The van der Waals surface area contributed by atoms with E-state index in [0.717, 1.165) is 0 Å². The van der Waals surface area contributed by atoms with Gasteiger partial charge in [0.15, 0.2) is 0 Å². The van der Waals surface area contributed by atoms with Gasteiger partial charge in [-0.25, -0.2) is 0 Å². The second-order valence-corrected chi connectivity index (χ2v) is 5.73. The zero-order valence-electron chi connectivity index (χ0n) is 13.6. The molecule has 0 aliphatic rings. The number of rotatable bonds is 5. The summed E-state index contributed by atoms with van der Waals surface area (Å²) in [6, 6.07) is 18.8. The summed E-state index contributed by atoms with van der Waals surface area (Å²) in [7, 11) is 0. The van der Waals surface area contributed by atoms with Crippen molar-refractivity contribution in [1.82, 2.24) is 5.32 Å². The van der Waals surface area contributed by atoms with E-state index < -0.39 is 11.8 Å². The third kappa shape index (κ3) is 4.40. The van der Waals surface area contributed by atoms with Gasteiger partial charge in [0.1, 0.15) is 11.5 Å². The van der Waals surface area contributed by atoms with Crippen LogP contribution in [0.5, 0.6) is 0 Å². The van der Waals surface area contributed by atoms with Crippen molar-refractivity contribution < 1.29 is 14.0 Å². The SMILES string of the molecule is O=C(Nc1ccccc1Cl)/C(=C/c1ccco1)NC(=O)c1ccccc1. The molecule has 0 atom stereocenters. The summed E-state index contributed by atoms with van der Waals surface area (Å²) in [5, 5.41) is 5.70. The summed E-state index contributed by atoms with van der Waals surface area (Å²) < 4.78 is 5.24. The molecule has 0 unspecified atom stereocenters. The molecule has 0 aliphatic carbocycles. The van der Waals surface area contributed by atoms with Gasteiger partial charge in [-0.15, -0.1) is 0 Å². The summed E-state index contributed by atoms with van der Waals surface area (Å²) >= 11 is 6.08. The Morgan fingerprint density at radius 2 is 1.65 bits per heavy atom. The number of carbonyl (C=O) groups excluding carboxylic acids is 2. The van der Waals surface area contributed by atoms with Crippen molar-refractivity contribution >= 4 is 35.2 Å². The number of furan rings is 1. The van der Waals surface area contributed by atoms with Crippen LogP contribution in [0.4, 0.5) is 5.69 Å². The molecule has 2 N–H and O–H groups in total. The van der Waals surface area contributed by atoms with Crippen LogP contribution in [0.1, 0.15) is 16.1 Å². The Morgan fingerprint density at radius 1 is 0.923 bits per heavy atom. The van der Waals surface area contributed by atoms with E-state index in [2.05, 4.69) is 10.6 Å². The first-order chi connectivity index (χ1) is 12.6. The predicted octanol–water partition coefficient (Wildman–Crippen LogP) is 4.34. The van der Waals surface area contributed by atoms with Gasteiger partial charge in [0.05, 0.1) is 17.0 Å². The van der Waals surface area contributed by atoms with Crippen molar-refractivity contribution in [2.45, 2.75) is 0 Å². The van der Waals surface area contributed by atoms with E-state index in [4.69, 9.17) is 16.0 Å². The molecule has 5 nitrogen and oxygen atoms in total. The third-order valence-corrected chi connectivity index (χ3v) is 3.81. The van der Waals surface area contributed by atoms with E-state index in [1.54, 1.807) is 66.7 Å². The molecule has 2 aromatic carbocycles. The van der Waals surface area contributed by atoms with Crippen LogP contribution in [0, 0.1) is 0 Å². The van der Waals surface area contributed by atoms with Crippen LogP contribution in [0.15, 0.2) is 83.1 Å². The fourth-order valence-electron chi connectivity index (χ4n) is 2.21. The van der Waals surface area contributed by atoms with Gasteiger partial charge in [-0.1, -0.05) is 41.9 Å². The Morgan fingerprint density at radius 3 is 2.35 bits per heavy atom. The molecule has 1 heterocycles. The van der Waals surface area contributed by atoms with Gasteiger partial charge in [0.25, 0.3) is 11.8 Å². The molecule has 0 saturated carbocycles. The third-order valence-electron chi connectivity index (χ3n) is 3.48. The van der Waals surface area contributed by atoms with Crippen LogP contribution in [-0.2, 0) is 4.79 Å². The molecule has 1 aromatic heterocycles. The van der Waals surface area contributed by atoms with Crippen LogP contribution in [0.2, 0.25) is 5.02 Å². The van der Waals surface area contributed by atoms with E-state index >= 15 is 0 Å². The number of hydrogen-bond acceptors (Lipinski definition) is 3. The maximum Gasteiger partial charge on any atom is 0.272 e. The van der Waals surface area contributed by atoms with Gasteiger partial charge in [-0.05, 0) is 36.4 Å². The number of para-hydroxylation sites is 1. The quantitative estimate of drug-likeness (QED) is 0.660. The van der Waals surface area contributed by atoms with Gasteiger partial charge >= 0.3 is 0 Å². The molecule has 3 aromatic rings. The lowest BCUT2D eigenvalue weighted by Crippen LogP contribution is -2.30. The monoisotopic (exact) mass is 366 g/mol. The average Bonchev–Trinajstić information content (AvgIpc) is 3.17. The fourth-order valence-corrected chi connectivity index (χ4v) is 2.39. The molecule has 6 heteroatoms. The van der Waals surface area contributed by atoms with Crippen molar-refractivity contribution in [2.24, 2.45) is 0 Å². The molecule has 0 spiro atoms. The lowest BCUT2D eigenvalue weighted by Gasteiger charge is -2.11. The van der Waals surface area contributed by atoms with E-state index in [1.807, 2.05) is 0 Å². The molecule has 0 aliphatic heterocycles. The molecular weight excluding hydrogens is 352 g/mol. The maximum absolute atomic E-state index is 12.7. The van der Waals surface area contributed by atoms with Crippen molar-refractivity contribution in [3.63, 3.8) is 0 Å². The number of nitrogens with one attached hydrogen (secondary N) is 2. The Hall–Kier alpha value is -3.31. The molecule has 0 fully saturated rings. The minimum Gasteiger partial charge on any atom is -0.465 e. The first-order valence-corrected chi connectivity index (χ1v) is 8.19. The van der Waals surface area contributed by atoms with Crippen LogP contribution in [-0.4, -0.2) is 11.8 Å². The van der Waals surface area contributed by atoms with E-state index in [-0.39, 0.29) is 5.70 Å². The summed E-state index contributed by atoms with van der Waals surface area (Å²) in [6.45, 7) is 0. The van der Waals surface area contributed by atoms with Crippen LogP contribution in [0.25, 0.3) is 6.08 Å². The van der Waals surface area contributed by atoms with Crippen LogP contribution >= 0.6 is 11.6 Å². The normalized spacial score (nSPS) is 11.0. The number of carbonyl (C=O) groups is 2. The van der Waals surface area contributed by atoms with E-state index in [0.29, 0.717) is 22.0 Å². The van der Waals surface area contributed by atoms with Crippen molar-refractivity contribution in [2.75, 3.05) is 5.32 Å². The minimum absolute atomic E-state index is 0.0359. The standard InChI is InChI=1S/C20H15ClN2O3/c21-16-10-4-5-11-17(16)22-20(25)18(13-15-9-6-12-26-15)23-19(24)14-7-2-1-3-8-14/h1-13H,(H,22,25)(H,23,24)/b18-13-. The molecule has 0 bridgehead atoms. The molecule has 0 saturated heterocycles. The Labute approximate surface area is 155 Å². The first kappa shape index (κ1) is 17.5. The van der Waals surface area contributed by atoms with Crippen LogP contribution in [0.3, 0.4) is 0 Å². The highest BCUT2D eigenvalue weighted by Gasteiger charge is 2.16. The predicted molar refractivity (Wildman–Crippen MR) is 101 cm³/mol. The van der Waals surface area contributed by atoms with E-state index in [9.17, 15) is 9.59 Å². The second kappa shape index (κ2) is 8.18. The first-order valence-electron chi connectivity index (χ1n) is 7.81. The van der Waals surface area contributed by atoms with Gasteiger partial charge in [-0.3, -0.25) is 9.59 Å². The molecule has 3 rings (SSSR count). The Bertz CT molecular complexity index is 935. The average molecular weight is 367 g/mol. The number of amides is 2. The topological polar surface area (TPSA) is 71.3 Å². The summed E-state index contributed by atoms with van der Waals surface area (Å²) in [5.41, 5.74) is 0.913. The summed E-state index contributed by atoms with van der Waals surface area (Å²) in [6.07, 6.45) is 2.93. The van der Waals surface area contributed by atoms with Crippen molar-refractivity contribution in [3.8, 4) is 0 Å². The number of benzene rings is 2. The van der Waals surface area contributed by atoms with Gasteiger partial charge in [0.2, 0.25) is 0 Å². The van der Waals surface area contributed by atoms with Gasteiger partial charge in [-0.2, -0.15) is 0 Å². The smallest absolute Gasteiger partial charge is 0.272 e. The number of halogens is 1. The molecule has 0 radical (unpaired) electrons. The largest absolute Gasteiger partial charge is 0.465 e. The summed E-state index contributed by atoms with van der Waals surface area (Å²) in [4.78, 5) is 25.1. The van der Waals surface area contributed by atoms with Gasteiger partial charge < -0.3 is 15.1 Å². The summed E-state index contributed by atoms with van der Waals surface area (Å²) in [5.74, 6) is -0.487. The maximum atomic E-state index is 12.7. The van der Waals surface area contributed by atoms with Crippen LogP contribution < -0.4 is 10.6 Å². The Kier molecular flexibility index (Phi) is 5.51. The molecule has 2 amide bonds. The second-order valence-electron chi connectivity index (χ2n) is 5.33. The van der Waals surface area contributed by atoms with Crippen molar-refractivity contribution in [1.29, 1.82) is 0 Å².